The van der Waals surface area contributed by atoms with Crippen molar-refractivity contribution in [3.63, 3.8) is 0 Å². The molecule has 2 heterocycles. The third-order valence-electron chi connectivity index (χ3n) is 2.33. The molecule has 19 heavy (non-hydrogen) atoms. The largest absolute Gasteiger partial charge is 0.506 e. The second kappa shape index (κ2) is 5.34. The van der Waals surface area contributed by atoms with Crippen LogP contribution < -0.4 is 4.74 Å². The average Bonchev–Trinajstić information content (AvgIpc) is 2.77. The molecule has 8 heteroatoms. The van der Waals surface area contributed by atoms with Gasteiger partial charge in [-0.1, -0.05) is 0 Å². The predicted molar refractivity (Wildman–Crippen MR) is 63.4 cm³/mol. The lowest BCUT2D eigenvalue weighted by Crippen LogP contribution is -2.13. The Kier molecular flexibility index (Phi) is 3.60. The standard InChI is InChI=1S/C11H12N4O4/c1-15-10(7-3-4-12-5-8(7)16)13-11(14-15)19-6-9(17)18-2/h3-5,16H,6H2,1-2H3. The lowest BCUT2D eigenvalue weighted by Gasteiger charge is -2.01. The maximum absolute atomic E-state index is 10.9. The zero-order valence-corrected chi connectivity index (χ0v) is 10.4. The number of aromatic hydroxyl groups is 1. The third kappa shape index (κ3) is 2.79. The van der Waals surface area contributed by atoms with Gasteiger partial charge < -0.3 is 14.6 Å². The highest BCUT2D eigenvalue weighted by Gasteiger charge is 2.14. The van der Waals surface area contributed by atoms with Crippen LogP contribution in [-0.4, -0.2) is 44.5 Å². The molecule has 0 atom stereocenters. The summed E-state index contributed by atoms with van der Waals surface area (Å²) in [5.41, 5.74) is 0.470. The molecule has 2 rings (SSSR count). The molecule has 1 N–H and O–H groups in total. The minimum atomic E-state index is -0.527. The fourth-order valence-corrected chi connectivity index (χ4v) is 1.41. The second-order valence-corrected chi connectivity index (χ2v) is 3.60. The summed E-state index contributed by atoms with van der Waals surface area (Å²) in [7, 11) is 2.91. The minimum absolute atomic E-state index is 0.0162. The van der Waals surface area contributed by atoms with Crippen LogP contribution in [0, 0.1) is 0 Å². The highest BCUT2D eigenvalue weighted by molar-refractivity contribution is 5.70. The monoisotopic (exact) mass is 264 g/mol. The van der Waals surface area contributed by atoms with Crippen LogP contribution in [0.25, 0.3) is 11.4 Å². The molecule has 0 spiro atoms. The zero-order valence-electron chi connectivity index (χ0n) is 10.4. The van der Waals surface area contributed by atoms with Crippen molar-refractivity contribution < 1.29 is 19.4 Å². The maximum Gasteiger partial charge on any atom is 0.344 e. The van der Waals surface area contributed by atoms with E-state index in [2.05, 4.69) is 19.8 Å². The molecule has 2 aromatic rings. The van der Waals surface area contributed by atoms with Crippen LogP contribution in [0.4, 0.5) is 0 Å². The fraction of sp³-hybridized carbons (Fsp3) is 0.273. The summed E-state index contributed by atoms with van der Waals surface area (Å²) in [4.78, 5) is 18.8. The number of aromatic nitrogens is 4. The van der Waals surface area contributed by atoms with E-state index < -0.39 is 5.97 Å². The van der Waals surface area contributed by atoms with Gasteiger partial charge in [0.15, 0.2) is 12.4 Å². The molecular formula is C11H12N4O4. The van der Waals surface area contributed by atoms with Crippen molar-refractivity contribution in [3.05, 3.63) is 18.5 Å². The third-order valence-corrected chi connectivity index (χ3v) is 2.33. The summed E-state index contributed by atoms with van der Waals surface area (Å²) in [5, 5.41) is 13.7. The van der Waals surface area contributed by atoms with Crippen LogP contribution in [0.15, 0.2) is 18.5 Å². The molecule has 0 bridgehead atoms. The number of aryl methyl sites for hydroxylation is 1. The summed E-state index contributed by atoms with van der Waals surface area (Å²) in [6.45, 7) is -0.276. The van der Waals surface area contributed by atoms with Gasteiger partial charge in [0.2, 0.25) is 0 Å². The van der Waals surface area contributed by atoms with E-state index in [0.717, 1.165) is 0 Å². The number of rotatable bonds is 4. The summed E-state index contributed by atoms with van der Waals surface area (Å²) in [6, 6.07) is 1.63. The Morgan fingerprint density at radius 1 is 1.53 bits per heavy atom. The van der Waals surface area contributed by atoms with Gasteiger partial charge in [-0.05, 0) is 6.07 Å². The number of hydrogen-bond acceptors (Lipinski definition) is 7. The van der Waals surface area contributed by atoms with Gasteiger partial charge in [0.25, 0.3) is 0 Å². The molecule has 8 nitrogen and oxygen atoms in total. The Morgan fingerprint density at radius 3 is 3.00 bits per heavy atom. The molecule has 0 saturated heterocycles. The van der Waals surface area contributed by atoms with Gasteiger partial charge in [-0.15, -0.1) is 5.10 Å². The molecule has 0 aromatic carbocycles. The SMILES string of the molecule is COC(=O)COc1nc(-c2ccncc2O)n(C)n1. The number of hydrogen-bond donors (Lipinski definition) is 1. The number of esters is 1. The van der Waals surface area contributed by atoms with Gasteiger partial charge in [-0.3, -0.25) is 4.98 Å². The van der Waals surface area contributed by atoms with Crippen molar-refractivity contribution in [1.82, 2.24) is 19.7 Å². The van der Waals surface area contributed by atoms with Gasteiger partial charge in [-0.25, -0.2) is 9.48 Å². The van der Waals surface area contributed by atoms with E-state index in [9.17, 15) is 9.90 Å². The molecule has 0 fully saturated rings. The van der Waals surface area contributed by atoms with E-state index in [-0.39, 0.29) is 18.4 Å². The molecule has 0 aliphatic rings. The van der Waals surface area contributed by atoms with E-state index >= 15 is 0 Å². The van der Waals surface area contributed by atoms with Crippen LogP contribution in [0.2, 0.25) is 0 Å². The van der Waals surface area contributed by atoms with Gasteiger partial charge in [-0.2, -0.15) is 4.98 Å². The molecule has 0 aliphatic heterocycles. The van der Waals surface area contributed by atoms with Crippen LogP contribution in [0.3, 0.4) is 0 Å². The highest BCUT2D eigenvalue weighted by Crippen LogP contribution is 2.26. The fourth-order valence-electron chi connectivity index (χ4n) is 1.41. The number of carbonyl (C=O) groups excluding carboxylic acids is 1. The first-order valence-electron chi connectivity index (χ1n) is 5.36. The Morgan fingerprint density at radius 2 is 2.32 bits per heavy atom. The van der Waals surface area contributed by atoms with Crippen LogP contribution >= 0.6 is 0 Å². The summed E-state index contributed by atoms with van der Waals surface area (Å²) >= 11 is 0. The zero-order chi connectivity index (χ0) is 13.8. The summed E-state index contributed by atoms with van der Waals surface area (Å²) in [5.74, 6) is -0.141. The molecule has 0 radical (unpaired) electrons. The number of ether oxygens (including phenoxy) is 2. The molecule has 0 saturated carbocycles. The van der Waals surface area contributed by atoms with Crippen molar-refractivity contribution in [3.8, 4) is 23.1 Å². The highest BCUT2D eigenvalue weighted by atomic mass is 16.6. The first-order chi connectivity index (χ1) is 9.11. The Labute approximate surface area is 108 Å². The Balaban J connectivity index is 2.22. The van der Waals surface area contributed by atoms with E-state index in [1.54, 1.807) is 13.1 Å². The number of pyridine rings is 1. The number of carbonyl (C=O) groups is 1. The van der Waals surface area contributed by atoms with Crippen LogP contribution in [0.5, 0.6) is 11.8 Å². The van der Waals surface area contributed by atoms with E-state index in [1.807, 2.05) is 0 Å². The van der Waals surface area contributed by atoms with Crippen molar-refractivity contribution >= 4 is 5.97 Å². The average molecular weight is 264 g/mol. The smallest absolute Gasteiger partial charge is 0.344 e. The summed E-state index contributed by atoms with van der Waals surface area (Å²) < 4.78 is 10.9. The topological polar surface area (TPSA) is 99.4 Å². The van der Waals surface area contributed by atoms with E-state index in [4.69, 9.17) is 4.74 Å². The predicted octanol–water partition coefficient (Wildman–Crippen LogP) is 0.134. The maximum atomic E-state index is 10.9. The first kappa shape index (κ1) is 12.8. The Bertz CT molecular complexity index is 596. The van der Waals surface area contributed by atoms with Gasteiger partial charge >= 0.3 is 12.0 Å². The van der Waals surface area contributed by atoms with Crippen molar-refractivity contribution in [2.45, 2.75) is 0 Å². The molecular weight excluding hydrogens is 252 g/mol. The van der Waals surface area contributed by atoms with Crippen molar-refractivity contribution in [1.29, 1.82) is 0 Å². The van der Waals surface area contributed by atoms with Crippen molar-refractivity contribution in [2.24, 2.45) is 7.05 Å². The second-order valence-electron chi connectivity index (χ2n) is 3.60. The van der Waals surface area contributed by atoms with Gasteiger partial charge in [0.1, 0.15) is 5.75 Å². The van der Waals surface area contributed by atoms with Gasteiger partial charge in [0, 0.05) is 13.2 Å². The van der Waals surface area contributed by atoms with Gasteiger partial charge in [0.05, 0.1) is 18.9 Å². The summed E-state index contributed by atoms with van der Waals surface area (Å²) in [6.07, 6.45) is 2.83. The first-order valence-corrected chi connectivity index (χ1v) is 5.36. The lowest BCUT2D eigenvalue weighted by molar-refractivity contribution is -0.143. The molecule has 0 unspecified atom stereocenters. The normalized spacial score (nSPS) is 10.2. The number of nitrogens with zero attached hydrogens (tertiary/aromatic N) is 4. The Hall–Kier alpha value is -2.64. The number of methoxy groups -OCH3 is 1. The van der Waals surface area contributed by atoms with Crippen LogP contribution in [0.1, 0.15) is 0 Å². The van der Waals surface area contributed by atoms with Crippen LogP contribution in [-0.2, 0) is 16.6 Å². The molecule has 0 aliphatic carbocycles. The van der Waals surface area contributed by atoms with E-state index in [0.29, 0.717) is 11.4 Å². The minimum Gasteiger partial charge on any atom is -0.506 e. The molecule has 0 amide bonds. The van der Waals surface area contributed by atoms with E-state index in [1.165, 1.54) is 24.2 Å². The quantitative estimate of drug-likeness (QED) is 0.783. The lowest BCUT2D eigenvalue weighted by atomic mass is 10.2. The van der Waals surface area contributed by atoms with Crippen molar-refractivity contribution in [2.75, 3.05) is 13.7 Å². The molecule has 2 aromatic heterocycles. The molecule has 100 valence electrons.